The van der Waals surface area contributed by atoms with Gasteiger partial charge in [0.2, 0.25) is 5.91 Å². The minimum absolute atomic E-state index is 0.0898. The smallest absolute Gasteiger partial charge is 0.261 e. The second kappa shape index (κ2) is 9.77. The molecule has 8 heteroatoms. The molecule has 1 atom stereocenters. The number of carbonyl (C=O) groups excluding carboxylic acids is 1. The highest BCUT2D eigenvalue weighted by molar-refractivity contribution is 8.00. The van der Waals surface area contributed by atoms with Crippen LogP contribution in [-0.4, -0.2) is 19.6 Å². The second-order valence-electron chi connectivity index (χ2n) is 7.15. The van der Waals surface area contributed by atoms with Gasteiger partial charge in [-0.3, -0.25) is 9.52 Å². The van der Waals surface area contributed by atoms with Crippen molar-refractivity contribution in [2.75, 3.05) is 10.0 Å². The Morgan fingerprint density at radius 2 is 1.61 bits per heavy atom. The summed E-state index contributed by atoms with van der Waals surface area (Å²) in [6, 6.07) is 19.0. The Labute approximate surface area is 192 Å². The van der Waals surface area contributed by atoms with Gasteiger partial charge in [0.25, 0.3) is 10.0 Å². The third kappa shape index (κ3) is 6.26. The van der Waals surface area contributed by atoms with Crippen LogP contribution in [0.5, 0.6) is 0 Å². The molecule has 0 radical (unpaired) electrons. The van der Waals surface area contributed by atoms with E-state index in [4.69, 9.17) is 11.6 Å². The third-order valence-electron chi connectivity index (χ3n) is 4.58. The number of hydrogen-bond acceptors (Lipinski definition) is 4. The van der Waals surface area contributed by atoms with Gasteiger partial charge in [-0.2, -0.15) is 0 Å². The fourth-order valence-corrected chi connectivity index (χ4v) is 4.90. The monoisotopic (exact) mass is 474 g/mol. The van der Waals surface area contributed by atoms with Crippen LogP contribution < -0.4 is 10.0 Å². The van der Waals surface area contributed by atoms with E-state index < -0.39 is 10.0 Å². The molecular formula is C23H23ClN2O3S2. The summed E-state index contributed by atoms with van der Waals surface area (Å²) in [5, 5.41) is 2.96. The first-order valence-corrected chi connectivity index (χ1v) is 12.3. The van der Waals surface area contributed by atoms with Crippen molar-refractivity contribution < 1.29 is 13.2 Å². The number of carbonyl (C=O) groups is 1. The minimum Gasteiger partial charge on any atom is -0.325 e. The van der Waals surface area contributed by atoms with Gasteiger partial charge in [-0.1, -0.05) is 35.4 Å². The molecule has 3 aromatic carbocycles. The summed E-state index contributed by atoms with van der Waals surface area (Å²) in [5.74, 6) is -0.158. The highest BCUT2D eigenvalue weighted by Gasteiger charge is 2.17. The number of amides is 1. The van der Waals surface area contributed by atoms with Gasteiger partial charge in [0.05, 0.1) is 15.8 Å². The Kier molecular flexibility index (Phi) is 7.30. The van der Waals surface area contributed by atoms with E-state index in [0.717, 1.165) is 16.0 Å². The third-order valence-corrected chi connectivity index (χ3v) is 7.31. The number of rotatable bonds is 7. The molecule has 0 bridgehead atoms. The molecule has 0 aromatic heterocycles. The van der Waals surface area contributed by atoms with Gasteiger partial charge in [-0.15, -0.1) is 11.8 Å². The molecule has 0 saturated carbocycles. The lowest BCUT2D eigenvalue weighted by atomic mass is 10.2. The average molecular weight is 475 g/mol. The molecular weight excluding hydrogens is 452 g/mol. The lowest BCUT2D eigenvalue weighted by molar-refractivity contribution is -0.115. The second-order valence-corrected chi connectivity index (χ2v) is 10.7. The molecule has 162 valence electrons. The van der Waals surface area contributed by atoms with Gasteiger partial charge >= 0.3 is 0 Å². The Bertz CT molecular complexity index is 1180. The molecule has 0 unspecified atom stereocenters. The maximum Gasteiger partial charge on any atom is 0.261 e. The zero-order chi connectivity index (χ0) is 22.6. The molecule has 0 saturated heterocycles. The van der Waals surface area contributed by atoms with Crippen LogP contribution in [0.2, 0.25) is 5.02 Å². The van der Waals surface area contributed by atoms with Crippen molar-refractivity contribution in [3.63, 3.8) is 0 Å². The van der Waals surface area contributed by atoms with Gasteiger partial charge in [0.1, 0.15) is 0 Å². The SMILES string of the molecule is Cc1ccc(S[C@H](C)C(=O)Nc2ccc(S(=O)(=O)Nc3cc(Cl)ccc3C)cc2)cc1. The first-order valence-electron chi connectivity index (χ1n) is 9.57. The predicted molar refractivity (Wildman–Crippen MR) is 129 cm³/mol. The summed E-state index contributed by atoms with van der Waals surface area (Å²) in [7, 11) is -3.78. The summed E-state index contributed by atoms with van der Waals surface area (Å²) in [6.45, 7) is 5.64. The topological polar surface area (TPSA) is 75.3 Å². The highest BCUT2D eigenvalue weighted by atomic mass is 35.5. The Morgan fingerprint density at radius 1 is 0.968 bits per heavy atom. The summed E-state index contributed by atoms with van der Waals surface area (Å²) in [6.07, 6.45) is 0. The van der Waals surface area contributed by atoms with Crippen molar-refractivity contribution in [1.82, 2.24) is 0 Å². The summed E-state index contributed by atoms with van der Waals surface area (Å²) in [4.78, 5) is 13.6. The van der Waals surface area contributed by atoms with Gasteiger partial charge in [0.15, 0.2) is 0 Å². The summed E-state index contributed by atoms with van der Waals surface area (Å²) >= 11 is 7.43. The number of sulfonamides is 1. The number of thioether (sulfide) groups is 1. The van der Waals surface area contributed by atoms with Crippen molar-refractivity contribution in [3.8, 4) is 0 Å². The van der Waals surface area contributed by atoms with E-state index in [9.17, 15) is 13.2 Å². The Balaban J connectivity index is 1.65. The fourth-order valence-electron chi connectivity index (χ4n) is 2.74. The van der Waals surface area contributed by atoms with Gasteiger partial charge in [-0.05, 0) is 74.9 Å². The lowest BCUT2D eigenvalue weighted by Crippen LogP contribution is -2.22. The van der Waals surface area contributed by atoms with Gasteiger partial charge in [-0.25, -0.2) is 8.42 Å². The molecule has 0 aliphatic heterocycles. The van der Waals surface area contributed by atoms with E-state index in [0.29, 0.717) is 16.4 Å². The van der Waals surface area contributed by atoms with Gasteiger partial charge < -0.3 is 5.32 Å². The maximum atomic E-state index is 12.7. The fraction of sp³-hybridized carbons (Fsp3) is 0.174. The molecule has 0 aliphatic rings. The largest absolute Gasteiger partial charge is 0.325 e. The van der Waals surface area contributed by atoms with Crippen LogP contribution in [0.25, 0.3) is 0 Å². The van der Waals surface area contributed by atoms with E-state index in [-0.39, 0.29) is 16.1 Å². The number of anilines is 2. The summed E-state index contributed by atoms with van der Waals surface area (Å²) < 4.78 is 27.9. The molecule has 2 N–H and O–H groups in total. The normalized spacial score (nSPS) is 12.3. The van der Waals surface area contributed by atoms with E-state index in [1.54, 1.807) is 37.3 Å². The highest BCUT2D eigenvalue weighted by Crippen LogP contribution is 2.26. The number of hydrogen-bond donors (Lipinski definition) is 2. The van der Waals surface area contributed by atoms with Crippen LogP contribution in [0, 0.1) is 13.8 Å². The van der Waals surface area contributed by atoms with Gasteiger partial charge in [0, 0.05) is 15.6 Å². The van der Waals surface area contributed by atoms with Crippen LogP contribution in [0.4, 0.5) is 11.4 Å². The molecule has 31 heavy (non-hydrogen) atoms. The quantitative estimate of drug-likeness (QED) is 0.419. The number of aryl methyl sites for hydroxylation is 2. The molecule has 0 spiro atoms. The number of benzene rings is 3. The van der Waals surface area contributed by atoms with Crippen molar-refractivity contribution in [2.45, 2.75) is 35.8 Å². The number of nitrogens with one attached hydrogen (secondary N) is 2. The van der Waals surface area contributed by atoms with Crippen LogP contribution >= 0.6 is 23.4 Å². The molecule has 0 fully saturated rings. The van der Waals surface area contributed by atoms with Crippen molar-refractivity contribution in [1.29, 1.82) is 0 Å². The predicted octanol–water partition coefficient (Wildman–Crippen LogP) is 5.88. The average Bonchev–Trinajstić information content (AvgIpc) is 2.72. The first kappa shape index (κ1) is 23.2. The first-order chi connectivity index (χ1) is 14.6. The number of halogens is 1. The van der Waals surface area contributed by atoms with E-state index in [1.165, 1.54) is 23.9 Å². The van der Waals surface area contributed by atoms with Crippen LogP contribution in [0.1, 0.15) is 18.1 Å². The van der Waals surface area contributed by atoms with Crippen molar-refractivity contribution in [2.24, 2.45) is 0 Å². The summed E-state index contributed by atoms with van der Waals surface area (Å²) in [5.41, 5.74) is 2.87. The van der Waals surface area contributed by atoms with Crippen LogP contribution in [0.3, 0.4) is 0 Å². The maximum absolute atomic E-state index is 12.7. The Morgan fingerprint density at radius 3 is 2.26 bits per heavy atom. The van der Waals surface area contributed by atoms with Crippen LogP contribution in [-0.2, 0) is 14.8 Å². The Hall–Kier alpha value is -2.48. The standard InChI is InChI=1S/C23H23ClN2O3S2/c1-15-4-10-20(11-5-15)30-17(3)23(27)25-19-8-12-21(13-9-19)31(28,29)26-22-14-18(24)7-6-16(22)2/h4-14,17,26H,1-3H3,(H,25,27)/t17-/m1/s1. The molecule has 5 nitrogen and oxygen atoms in total. The van der Waals surface area contributed by atoms with Crippen LogP contribution in [0.15, 0.2) is 76.5 Å². The molecule has 0 heterocycles. The minimum atomic E-state index is -3.78. The van der Waals surface area contributed by atoms with Crippen molar-refractivity contribution in [3.05, 3.63) is 82.9 Å². The molecule has 3 rings (SSSR count). The van der Waals surface area contributed by atoms with Crippen molar-refractivity contribution >= 4 is 50.7 Å². The molecule has 1 amide bonds. The zero-order valence-corrected chi connectivity index (χ0v) is 19.7. The zero-order valence-electron chi connectivity index (χ0n) is 17.3. The molecule has 0 aliphatic carbocycles. The molecule has 3 aromatic rings. The lowest BCUT2D eigenvalue weighted by Gasteiger charge is -2.13. The van der Waals surface area contributed by atoms with E-state index >= 15 is 0 Å². The van der Waals surface area contributed by atoms with E-state index in [2.05, 4.69) is 10.0 Å². The van der Waals surface area contributed by atoms with E-state index in [1.807, 2.05) is 38.1 Å².